The molecule has 0 aliphatic heterocycles. The smallest absolute Gasteiger partial charge is 0.153 e. The average molecular weight is 242 g/mol. The maximum atomic E-state index is 4.18. The lowest BCUT2D eigenvalue weighted by Gasteiger charge is -2.07. The second-order valence-corrected chi connectivity index (χ2v) is 4.45. The van der Waals surface area contributed by atoms with E-state index in [-0.39, 0.29) is 0 Å². The zero-order valence-corrected chi connectivity index (χ0v) is 10.9. The van der Waals surface area contributed by atoms with Crippen molar-refractivity contribution in [3.05, 3.63) is 42.1 Å². The van der Waals surface area contributed by atoms with Crippen LogP contribution in [-0.2, 0) is 0 Å². The van der Waals surface area contributed by atoms with Crippen LogP contribution in [0.5, 0.6) is 0 Å². The van der Waals surface area contributed by atoms with Gasteiger partial charge < -0.3 is 10.6 Å². The number of nitrogens with one attached hydrogen (secondary N) is 2. The normalized spacial score (nSPS) is 10.4. The SMILES string of the molecule is CNc1ccc(Nc2ccc(C(C)C)nn2)cc1. The number of anilines is 3. The summed E-state index contributed by atoms with van der Waals surface area (Å²) in [6.07, 6.45) is 0. The van der Waals surface area contributed by atoms with E-state index in [0.717, 1.165) is 22.9 Å². The van der Waals surface area contributed by atoms with Crippen LogP contribution in [0.3, 0.4) is 0 Å². The second kappa shape index (κ2) is 5.49. The van der Waals surface area contributed by atoms with Crippen molar-refractivity contribution in [1.29, 1.82) is 0 Å². The molecule has 0 saturated heterocycles. The van der Waals surface area contributed by atoms with Crippen LogP contribution in [0.25, 0.3) is 0 Å². The maximum absolute atomic E-state index is 4.18. The molecular weight excluding hydrogens is 224 g/mol. The molecule has 2 aromatic rings. The van der Waals surface area contributed by atoms with Gasteiger partial charge in [-0.25, -0.2) is 0 Å². The van der Waals surface area contributed by atoms with E-state index in [1.54, 1.807) is 0 Å². The first-order valence-corrected chi connectivity index (χ1v) is 6.07. The summed E-state index contributed by atoms with van der Waals surface area (Å²) < 4.78 is 0. The van der Waals surface area contributed by atoms with E-state index in [2.05, 4.69) is 34.7 Å². The molecule has 1 aromatic heterocycles. The van der Waals surface area contributed by atoms with Gasteiger partial charge in [0.25, 0.3) is 0 Å². The minimum atomic E-state index is 0.404. The molecule has 1 heterocycles. The van der Waals surface area contributed by atoms with Crippen molar-refractivity contribution < 1.29 is 0 Å². The van der Waals surface area contributed by atoms with Gasteiger partial charge in [0.05, 0.1) is 5.69 Å². The minimum Gasteiger partial charge on any atom is -0.388 e. The van der Waals surface area contributed by atoms with Gasteiger partial charge in [-0.3, -0.25) is 0 Å². The molecule has 94 valence electrons. The first kappa shape index (κ1) is 12.4. The number of nitrogens with zero attached hydrogens (tertiary/aromatic N) is 2. The van der Waals surface area contributed by atoms with Crippen molar-refractivity contribution in [1.82, 2.24) is 10.2 Å². The van der Waals surface area contributed by atoms with Crippen LogP contribution in [-0.4, -0.2) is 17.2 Å². The third-order valence-corrected chi connectivity index (χ3v) is 2.72. The fraction of sp³-hybridized carbons (Fsp3) is 0.286. The van der Waals surface area contributed by atoms with E-state index in [0.29, 0.717) is 5.92 Å². The Morgan fingerprint density at radius 2 is 1.56 bits per heavy atom. The van der Waals surface area contributed by atoms with Crippen molar-refractivity contribution in [3.63, 3.8) is 0 Å². The van der Waals surface area contributed by atoms with E-state index in [9.17, 15) is 0 Å². The first-order valence-electron chi connectivity index (χ1n) is 6.07. The Labute approximate surface area is 107 Å². The molecule has 0 saturated carbocycles. The molecule has 0 spiro atoms. The van der Waals surface area contributed by atoms with Gasteiger partial charge in [-0.2, -0.15) is 5.10 Å². The quantitative estimate of drug-likeness (QED) is 0.863. The van der Waals surface area contributed by atoms with E-state index in [1.807, 2.05) is 43.4 Å². The van der Waals surface area contributed by atoms with E-state index in [1.165, 1.54) is 0 Å². The Morgan fingerprint density at radius 1 is 0.889 bits per heavy atom. The molecule has 0 amide bonds. The molecule has 4 heteroatoms. The summed E-state index contributed by atoms with van der Waals surface area (Å²) in [5, 5.41) is 14.6. The van der Waals surface area contributed by atoms with Crippen molar-refractivity contribution in [2.45, 2.75) is 19.8 Å². The molecule has 0 fully saturated rings. The highest BCUT2D eigenvalue weighted by molar-refractivity contribution is 5.59. The standard InChI is InChI=1S/C14H18N4/c1-10(2)13-8-9-14(18-17-13)16-12-6-4-11(15-3)5-7-12/h4-10,15H,1-3H3,(H,16,18). The molecule has 4 nitrogen and oxygen atoms in total. The predicted molar refractivity (Wildman–Crippen MR) is 75.4 cm³/mol. The predicted octanol–water partition coefficient (Wildman–Crippen LogP) is 3.39. The van der Waals surface area contributed by atoms with Crippen LogP contribution < -0.4 is 10.6 Å². The molecule has 0 radical (unpaired) electrons. The van der Waals surface area contributed by atoms with Gasteiger partial charge in [-0.1, -0.05) is 13.8 Å². The molecular formula is C14H18N4. The van der Waals surface area contributed by atoms with Gasteiger partial charge in [0.2, 0.25) is 0 Å². The Balaban J connectivity index is 2.08. The Bertz CT molecular complexity index is 488. The molecule has 2 N–H and O–H groups in total. The number of benzene rings is 1. The lowest BCUT2D eigenvalue weighted by Crippen LogP contribution is -1.99. The van der Waals surface area contributed by atoms with Crippen LogP contribution in [0, 0.1) is 0 Å². The minimum absolute atomic E-state index is 0.404. The molecule has 1 aromatic carbocycles. The van der Waals surface area contributed by atoms with Crippen LogP contribution >= 0.6 is 0 Å². The van der Waals surface area contributed by atoms with E-state index in [4.69, 9.17) is 0 Å². The second-order valence-electron chi connectivity index (χ2n) is 4.45. The number of hydrogen-bond donors (Lipinski definition) is 2. The summed E-state index contributed by atoms with van der Waals surface area (Å²) in [6.45, 7) is 4.21. The molecule has 0 atom stereocenters. The van der Waals surface area contributed by atoms with Crippen molar-refractivity contribution in [2.75, 3.05) is 17.7 Å². The highest BCUT2D eigenvalue weighted by atomic mass is 15.2. The molecule has 0 aliphatic rings. The fourth-order valence-corrected chi connectivity index (χ4v) is 1.59. The highest BCUT2D eigenvalue weighted by Gasteiger charge is 2.02. The van der Waals surface area contributed by atoms with Crippen molar-refractivity contribution >= 4 is 17.2 Å². The fourth-order valence-electron chi connectivity index (χ4n) is 1.59. The zero-order valence-electron chi connectivity index (χ0n) is 10.9. The maximum Gasteiger partial charge on any atom is 0.153 e. The number of aromatic nitrogens is 2. The zero-order chi connectivity index (χ0) is 13.0. The van der Waals surface area contributed by atoms with Crippen LogP contribution in [0.15, 0.2) is 36.4 Å². The molecule has 18 heavy (non-hydrogen) atoms. The van der Waals surface area contributed by atoms with Crippen molar-refractivity contribution in [2.24, 2.45) is 0 Å². The molecule has 2 rings (SSSR count). The Kier molecular flexibility index (Phi) is 3.77. The Morgan fingerprint density at radius 3 is 2.06 bits per heavy atom. The van der Waals surface area contributed by atoms with E-state index < -0.39 is 0 Å². The van der Waals surface area contributed by atoms with Gasteiger partial charge in [0.1, 0.15) is 0 Å². The van der Waals surface area contributed by atoms with Crippen molar-refractivity contribution in [3.8, 4) is 0 Å². The summed E-state index contributed by atoms with van der Waals surface area (Å²) in [6, 6.07) is 12.0. The third-order valence-electron chi connectivity index (χ3n) is 2.72. The lowest BCUT2D eigenvalue weighted by atomic mass is 10.1. The third kappa shape index (κ3) is 2.97. The molecule has 0 unspecified atom stereocenters. The first-order chi connectivity index (χ1) is 8.69. The topological polar surface area (TPSA) is 49.8 Å². The molecule has 0 bridgehead atoms. The monoisotopic (exact) mass is 242 g/mol. The van der Waals surface area contributed by atoms with Gasteiger partial charge >= 0.3 is 0 Å². The van der Waals surface area contributed by atoms with Crippen LogP contribution in [0.1, 0.15) is 25.5 Å². The van der Waals surface area contributed by atoms with Gasteiger partial charge in [-0.15, -0.1) is 5.10 Å². The van der Waals surface area contributed by atoms with Gasteiger partial charge in [0, 0.05) is 18.4 Å². The largest absolute Gasteiger partial charge is 0.388 e. The Hall–Kier alpha value is -2.10. The summed E-state index contributed by atoms with van der Waals surface area (Å²) in [5.41, 5.74) is 3.09. The lowest BCUT2D eigenvalue weighted by molar-refractivity contribution is 0.787. The summed E-state index contributed by atoms with van der Waals surface area (Å²) in [4.78, 5) is 0. The van der Waals surface area contributed by atoms with E-state index >= 15 is 0 Å². The van der Waals surface area contributed by atoms with Gasteiger partial charge in [-0.05, 0) is 42.3 Å². The van der Waals surface area contributed by atoms with Crippen LogP contribution in [0.2, 0.25) is 0 Å². The summed E-state index contributed by atoms with van der Waals surface area (Å²) >= 11 is 0. The number of rotatable bonds is 4. The summed E-state index contributed by atoms with van der Waals surface area (Å²) in [7, 11) is 1.90. The number of hydrogen-bond acceptors (Lipinski definition) is 4. The van der Waals surface area contributed by atoms with Crippen LogP contribution in [0.4, 0.5) is 17.2 Å². The summed E-state index contributed by atoms with van der Waals surface area (Å²) in [5.74, 6) is 1.16. The molecule has 0 aliphatic carbocycles. The highest BCUT2D eigenvalue weighted by Crippen LogP contribution is 2.18. The average Bonchev–Trinajstić information content (AvgIpc) is 2.40. The van der Waals surface area contributed by atoms with Gasteiger partial charge in [0.15, 0.2) is 5.82 Å².